The number of anilines is 1. The largest absolute Gasteiger partial charge is 0.322 e. The van der Waals surface area contributed by atoms with Gasteiger partial charge >= 0.3 is 0 Å². The zero-order valence-electron chi connectivity index (χ0n) is 15.3. The van der Waals surface area contributed by atoms with Gasteiger partial charge in [-0.2, -0.15) is 0 Å². The number of thiophene rings is 1. The van der Waals surface area contributed by atoms with Crippen molar-refractivity contribution in [1.82, 2.24) is 4.90 Å². The highest BCUT2D eigenvalue weighted by Crippen LogP contribution is 2.32. The molecule has 4 rings (SSSR count). The molecule has 7 heteroatoms. The molecule has 1 aromatic heterocycles. The summed E-state index contributed by atoms with van der Waals surface area (Å²) < 4.78 is 13.2. The van der Waals surface area contributed by atoms with Crippen LogP contribution in [0.2, 0.25) is 0 Å². The summed E-state index contributed by atoms with van der Waals surface area (Å²) in [6.45, 7) is 0. The molecule has 1 unspecified atom stereocenters. The number of carbonyl (C=O) groups is 3. The molecule has 2 fully saturated rings. The van der Waals surface area contributed by atoms with Crippen LogP contribution >= 0.6 is 11.3 Å². The topological polar surface area (TPSA) is 57.7 Å². The Morgan fingerprint density at radius 2 is 1.79 bits per heavy atom. The fourth-order valence-corrected chi connectivity index (χ4v) is 4.81. The summed E-state index contributed by atoms with van der Waals surface area (Å²) in [5.74, 6) is -1.39. The van der Waals surface area contributed by atoms with Crippen LogP contribution < -0.4 is 4.90 Å². The van der Waals surface area contributed by atoms with Gasteiger partial charge in [-0.05, 0) is 48.6 Å². The van der Waals surface area contributed by atoms with Crippen molar-refractivity contribution in [2.24, 2.45) is 0 Å². The maximum absolute atomic E-state index is 13.2. The van der Waals surface area contributed by atoms with E-state index >= 15 is 0 Å². The predicted octanol–water partition coefficient (Wildman–Crippen LogP) is 3.99. The Bertz CT molecular complexity index is 876. The van der Waals surface area contributed by atoms with E-state index < -0.39 is 17.8 Å². The van der Waals surface area contributed by atoms with Crippen molar-refractivity contribution in [3.05, 3.63) is 52.5 Å². The molecule has 0 bridgehead atoms. The van der Waals surface area contributed by atoms with E-state index in [2.05, 4.69) is 0 Å². The summed E-state index contributed by atoms with van der Waals surface area (Å²) in [6, 6.07) is 7.98. The van der Waals surface area contributed by atoms with Crippen LogP contribution in [0.4, 0.5) is 10.1 Å². The van der Waals surface area contributed by atoms with Crippen molar-refractivity contribution >= 4 is 34.7 Å². The highest BCUT2D eigenvalue weighted by molar-refractivity contribution is 7.12. The van der Waals surface area contributed by atoms with Crippen molar-refractivity contribution in [2.75, 3.05) is 4.90 Å². The summed E-state index contributed by atoms with van der Waals surface area (Å²) in [5, 5.41) is 1.83. The maximum atomic E-state index is 13.2. The third-order valence-corrected chi connectivity index (χ3v) is 6.34. The molecular formula is C21H21FN2O3S. The van der Waals surface area contributed by atoms with Crippen LogP contribution in [-0.4, -0.2) is 34.7 Å². The monoisotopic (exact) mass is 400 g/mol. The first-order valence-corrected chi connectivity index (χ1v) is 10.4. The van der Waals surface area contributed by atoms with Crippen molar-refractivity contribution in [3.8, 4) is 0 Å². The summed E-state index contributed by atoms with van der Waals surface area (Å²) in [4.78, 5) is 42.4. The zero-order chi connectivity index (χ0) is 19.7. The zero-order valence-corrected chi connectivity index (χ0v) is 16.2. The number of nitrogens with zero attached hydrogens (tertiary/aromatic N) is 2. The quantitative estimate of drug-likeness (QED) is 0.729. The van der Waals surface area contributed by atoms with Gasteiger partial charge in [-0.15, -0.1) is 11.3 Å². The molecular weight excluding hydrogens is 379 g/mol. The average Bonchev–Trinajstić information content (AvgIpc) is 3.33. The number of hydrogen-bond acceptors (Lipinski definition) is 4. The van der Waals surface area contributed by atoms with Gasteiger partial charge in [-0.3, -0.25) is 14.4 Å². The lowest BCUT2D eigenvalue weighted by molar-refractivity contribution is -0.123. The predicted molar refractivity (Wildman–Crippen MR) is 105 cm³/mol. The molecule has 0 spiro atoms. The molecule has 1 saturated carbocycles. The Balaban J connectivity index is 1.66. The summed E-state index contributed by atoms with van der Waals surface area (Å²) in [7, 11) is 0. The fraction of sp³-hybridized carbons (Fsp3) is 0.381. The molecule has 28 heavy (non-hydrogen) atoms. The van der Waals surface area contributed by atoms with E-state index in [9.17, 15) is 18.8 Å². The normalized spacial score (nSPS) is 20.6. The molecule has 2 aromatic rings. The van der Waals surface area contributed by atoms with Crippen LogP contribution in [0.5, 0.6) is 0 Å². The second kappa shape index (κ2) is 7.83. The van der Waals surface area contributed by atoms with E-state index in [1.54, 1.807) is 11.0 Å². The van der Waals surface area contributed by atoms with Gasteiger partial charge in [0.1, 0.15) is 11.9 Å². The summed E-state index contributed by atoms with van der Waals surface area (Å²) in [6.07, 6.45) is 4.78. The number of hydrogen-bond donors (Lipinski definition) is 0. The van der Waals surface area contributed by atoms with E-state index in [1.807, 2.05) is 11.4 Å². The number of halogens is 1. The van der Waals surface area contributed by atoms with Crippen LogP contribution in [-0.2, 0) is 9.59 Å². The Labute approximate surface area is 166 Å². The van der Waals surface area contributed by atoms with Crippen molar-refractivity contribution in [3.63, 3.8) is 0 Å². The molecule has 1 atom stereocenters. The highest BCUT2D eigenvalue weighted by Gasteiger charge is 2.46. The van der Waals surface area contributed by atoms with Gasteiger partial charge in [-0.1, -0.05) is 25.3 Å². The van der Waals surface area contributed by atoms with Gasteiger partial charge in [0.15, 0.2) is 0 Å². The molecule has 0 radical (unpaired) electrons. The number of imide groups is 1. The number of carbonyl (C=O) groups excluding carboxylic acids is 3. The van der Waals surface area contributed by atoms with Crippen molar-refractivity contribution < 1.29 is 18.8 Å². The van der Waals surface area contributed by atoms with Gasteiger partial charge in [0.25, 0.3) is 11.8 Å². The van der Waals surface area contributed by atoms with Crippen LogP contribution in [0.1, 0.15) is 48.2 Å². The smallest absolute Gasteiger partial charge is 0.264 e. The van der Waals surface area contributed by atoms with Gasteiger partial charge in [-0.25, -0.2) is 9.29 Å². The Morgan fingerprint density at radius 3 is 2.43 bits per heavy atom. The Hall–Kier alpha value is -2.54. The molecule has 0 N–H and O–H groups in total. The summed E-state index contributed by atoms with van der Waals surface area (Å²) >= 11 is 1.34. The third-order valence-electron chi connectivity index (χ3n) is 5.48. The standard InChI is InChI=1S/C21H21FN2O3S/c22-14-8-10-16(11-9-14)24-19(25)13-17(20(24)26)23(15-5-2-1-3-6-15)21(27)18-7-4-12-28-18/h4,7-12,15,17H,1-3,5-6,13H2. The molecule has 1 saturated heterocycles. The Morgan fingerprint density at radius 1 is 1.07 bits per heavy atom. The first-order valence-electron chi connectivity index (χ1n) is 9.55. The van der Waals surface area contributed by atoms with Crippen molar-refractivity contribution in [1.29, 1.82) is 0 Å². The number of benzene rings is 1. The first-order chi connectivity index (χ1) is 13.6. The van der Waals surface area contributed by atoms with E-state index in [0.29, 0.717) is 10.6 Å². The first kappa shape index (κ1) is 18.8. The lowest BCUT2D eigenvalue weighted by atomic mass is 9.92. The molecule has 1 aliphatic carbocycles. The summed E-state index contributed by atoms with van der Waals surface area (Å²) in [5.41, 5.74) is 0.339. The van der Waals surface area contributed by atoms with E-state index in [0.717, 1.165) is 37.0 Å². The molecule has 146 valence electrons. The van der Waals surface area contributed by atoms with Crippen molar-refractivity contribution in [2.45, 2.75) is 50.6 Å². The minimum atomic E-state index is -0.810. The SMILES string of the molecule is O=C1CC(N(C(=O)c2cccs2)C2CCCCC2)C(=O)N1c1ccc(F)cc1. The van der Waals surface area contributed by atoms with E-state index in [4.69, 9.17) is 0 Å². The second-order valence-corrected chi connectivity index (χ2v) is 8.19. The van der Waals surface area contributed by atoms with Gasteiger partial charge in [0, 0.05) is 6.04 Å². The highest BCUT2D eigenvalue weighted by atomic mass is 32.1. The molecule has 5 nitrogen and oxygen atoms in total. The maximum Gasteiger partial charge on any atom is 0.264 e. The molecule has 2 aliphatic rings. The number of rotatable bonds is 4. The van der Waals surface area contributed by atoms with Crippen LogP contribution in [0.25, 0.3) is 0 Å². The van der Waals surface area contributed by atoms with Gasteiger partial charge in [0.05, 0.1) is 17.0 Å². The number of amides is 3. The van der Waals surface area contributed by atoms with Crippen LogP contribution in [0.15, 0.2) is 41.8 Å². The minimum Gasteiger partial charge on any atom is -0.322 e. The Kier molecular flexibility index (Phi) is 5.26. The molecule has 1 aliphatic heterocycles. The second-order valence-electron chi connectivity index (χ2n) is 7.25. The van der Waals surface area contributed by atoms with Gasteiger partial charge in [0.2, 0.25) is 5.91 Å². The minimum absolute atomic E-state index is 0.0379. The average molecular weight is 400 g/mol. The lowest BCUT2D eigenvalue weighted by Crippen LogP contribution is -2.51. The lowest BCUT2D eigenvalue weighted by Gasteiger charge is -2.37. The fourth-order valence-electron chi connectivity index (χ4n) is 4.14. The molecule has 2 heterocycles. The third kappa shape index (κ3) is 3.46. The van der Waals surface area contributed by atoms with Crippen LogP contribution in [0.3, 0.4) is 0 Å². The van der Waals surface area contributed by atoms with E-state index in [1.165, 1.54) is 35.6 Å². The molecule has 3 amide bonds. The molecule has 1 aromatic carbocycles. The van der Waals surface area contributed by atoms with Gasteiger partial charge < -0.3 is 4.90 Å². The van der Waals surface area contributed by atoms with E-state index in [-0.39, 0.29) is 24.3 Å². The van der Waals surface area contributed by atoms with Crippen LogP contribution in [0, 0.1) is 5.82 Å².